The van der Waals surface area contributed by atoms with Crippen molar-refractivity contribution >= 4 is 98.8 Å². The van der Waals surface area contributed by atoms with Crippen molar-refractivity contribution in [3.63, 3.8) is 0 Å². The van der Waals surface area contributed by atoms with Gasteiger partial charge in [0.05, 0.1) is 32.8 Å². The lowest BCUT2D eigenvalue weighted by atomic mass is 10.0. The Labute approximate surface area is 351 Å². The first kappa shape index (κ1) is 36.2. The highest BCUT2D eigenvalue weighted by molar-refractivity contribution is 6.39. The first-order chi connectivity index (χ1) is 29.0. The molecular formula is C52H35Cl2N5. The minimum atomic E-state index is 0.555. The van der Waals surface area contributed by atoms with Gasteiger partial charge in [-0.2, -0.15) is 0 Å². The van der Waals surface area contributed by atoms with Crippen LogP contribution < -0.4 is 4.90 Å². The molecule has 2 aliphatic heterocycles. The van der Waals surface area contributed by atoms with Gasteiger partial charge < -0.3 is 14.9 Å². The summed E-state index contributed by atoms with van der Waals surface area (Å²) < 4.78 is 0. The number of aromatic amines is 2. The molecule has 3 aromatic heterocycles. The summed E-state index contributed by atoms with van der Waals surface area (Å²) in [6, 6.07) is 56.1. The number of H-pyrrole nitrogens is 2. The first-order valence-electron chi connectivity index (χ1n) is 19.4. The summed E-state index contributed by atoms with van der Waals surface area (Å²) in [5, 5.41) is 1.11. The molecule has 5 aromatic carbocycles. The fraction of sp³-hybridized carbons (Fsp3) is 0. The third-order valence-corrected chi connectivity index (χ3v) is 11.1. The van der Waals surface area contributed by atoms with Crippen molar-refractivity contribution in [2.24, 2.45) is 0 Å². The van der Waals surface area contributed by atoms with Crippen LogP contribution in [-0.4, -0.2) is 19.9 Å². The summed E-state index contributed by atoms with van der Waals surface area (Å²) >= 11 is 13.5. The van der Waals surface area contributed by atoms with Crippen molar-refractivity contribution in [3.05, 3.63) is 208 Å². The topological polar surface area (TPSA) is 60.6 Å². The second kappa shape index (κ2) is 15.6. The third-order valence-electron chi connectivity index (χ3n) is 10.5. The molecule has 5 heterocycles. The molecule has 0 spiro atoms. The summed E-state index contributed by atoms with van der Waals surface area (Å²) in [6.45, 7) is 0. The first-order valence-corrected chi connectivity index (χ1v) is 20.1. The maximum absolute atomic E-state index is 6.77. The summed E-state index contributed by atoms with van der Waals surface area (Å²) in [6.07, 6.45) is 12.4. The molecule has 0 aliphatic carbocycles. The molecule has 0 unspecified atom stereocenters. The third kappa shape index (κ3) is 7.41. The van der Waals surface area contributed by atoms with Gasteiger partial charge in [-0.3, -0.25) is 0 Å². The standard InChI is InChI=1S/C52H35Cl2N5/c53-44-12-7-13-45(54)51(44)52-48-30-24-39(57-48)32-37-22-28-46(55-37)50(47-29-23-38(56-47)33-40-25-31-49(52)58-40)36-20-16-34(17-21-36)14-15-35-18-26-43(27-19-35)59(41-8-3-1-4-9-41)42-10-5-2-6-11-42/h1-33,55,58H/b15-14+,37-32?,38-33?,39-32?,40-33?,50-46?,50-47?,52-48?,52-49?. The monoisotopic (exact) mass is 799 g/mol. The Bertz CT molecular complexity index is 3050. The molecule has 2 N–H and O–H groups in total. The van der Waals surface area contributed by atoms with Gasteiger partial charge in [-0.05, 0) is 126 Å². The molecule has 8 aromatic rings. The predicted molar refractivity (Wildman–Crippen MR) is 250 cm³/mol. The number of anilines is 3. The zero-order chi connectivity index (χ0) is 39.7. The molecule has 282 valence electrons. The van der Waals surface area contributed by atoms with Crippen LogP contribution in [0.4, 0.5) is 17.1 Å². The molecule has 0 radical (unpaired) electrons. The number of nitrogens with one attached hydrogen (secondary N) is 2. The molecule has 0 saturated carbocycles. The number of halogens is 2. The lowest BCUT2D eigenvalue weighted by Gasteiger charge is -2.25. The molecule has 0 fully saturated rings. The number of hydrogen-bond donors (Lipinski definition) is 2. The zero-order valence-corrected chi connectivity index (χ0v) is 33.2. The van der Waals surface area contributed by atoms with E-state index in [9.17, 15) is 0 Å². The number of aromatic nitrogens is 4. The smallest absolute Gasteiger partial charge is 0.0738 e. The highest BCUT2D eigenvalue weighted by Gasteiger charge is 2.17. The van der Waals surface area contributed by atoms with Gasteiger partial charge in [0, 0.05) is 55.8 Å². The fourth-order valence-corrected chi connectivity index (χ4v) is 8.25. The van der Waals surface area contributed by atoms with Gasteiger partial charge in [0.1, 0.15) is 0 Å². The van der Waals surface area contributed by atoms with Crippen molar-refractivity contribution in [3.8, 4) is 22.3 Å². The number of para-hydroxylation sites is 2. The molecule has 0 amide bonds. The SMILES string of the molecule is Clc1cccc(Cl)c1-c1c2nc(cc3ccc([nH]3)c(-c3ccc(/C=C/c4ccc(N(c5ccccc5)c5ccccc5)cc4)cc3)c3nc(cc4ccc1[nH]4)C=C3)C=C2. The van der Waals surface area contributed by atoms with Gasteiger partial charge in [0.2, 0.25) is 0 Å². The lowest BCUT2D eigenvalue weighted by Crippen LogP contribution is -2.09. The van der Waals surface area contributed by atoms with E-state index in [1.165, 1.54) is 0 Å². The molecule has 8 bridgehead atoms. The van der Waals surface area contributed by atoms with E-state index in [1.54, 1.807) is 0 Å². The van der Waals surface area contributed by atoms with Crippen LogP contribution in [0.1, 0.15) is 33.9 Å². The van der Waals surface area contributed by atoms with Crippen LogP contribution in [0.15, 0.2) is 164 Å². The van der Waals surface area contributed by atoms with E-state index in [0.29, 0.717) is 10.0 Å². The second-order valence-electron chi connectivity index (χ2n) is 14.4. The predicted octanol–water partition coefficient (Wildman–Crippen LogP) is 14.9. The maximum Gasteiger partial charge on any atom is 0.0738 e. The summed E-state index contributed by atoms with van der Waals surface area (Å²) in [7, 11) is 0. The molecule has 0 atom stereocenters. The highest BCUT2D eigenvalue weighted by Crippen LogP contribution is 2.40. The molecule has 5 nitrogen and oxygen atoms in total. The van der Waals surface area contributed by atoms with Crippen LogP contribution >= 0.6 is 23.2 Å². The number of hydrogen-bond acceptors (Lipinski definition) is 3. The van der Waals surface area contributed by atoms with Crippen molar-refractivity contribution < 1.29 is 0 Å². The number of nitrogens with zero attached hydrogens (tertiary/aromatic N) is 3. The van der Waals surface area contributed by atoms with E-state index in [1.807, 2.05) is 72.8 Å². The Kier molecular flexibility index (Phi) is 9.59. The lowest BCUT2D eigenvalue weighted by molar-refractivity contribution is 1.28. The van der Waals surface area contributed by atoms with Crippen LogP contribution in [0.2, 0.25) is 10.0 Å². The van der Waals surface area contributed by atoms with Gasteiger partial charge in [0.25, 0.3) is 0 Å². The summed E-state index contributed by atoms with van der Waals surface area (Å²) in [4.78, 5) is 19.6. The minimum absolute atomic E-state index is 0.555. The van der Waals surface area contributed by atoms with E-state index in [0.717, 1.165) is 95.3 Å². The van der Waals surface area contributed by atoms with Crippen molar-refractivity contribution in [1.82, 2.24) is 19.9 Å². The van der Waals surface area contributed by atoms with E-state index < -0.39 is 0 Å². The van der Waals surface area contributed by atoms with Crippen LogP contribution in [0.3, 0.4) is 0 Å². The maximum atomic E-state index is 6.77. The number of fused-ring (bicyclic) bond motifs is 8. The Balaban J connectivity index is 1.000. The Morgan fingerprint density at radius 2 is 0.898 bits per heavy atom. The zero-order valence-electron chi connectivity index (χ0n) is 31.7. The Hall–Kier alpha value is -7.18. The van der Waals surface area contributed by atoms with Crippen LogP contribution in [0, 0.1) is 0 Å². The van der Waals surface area contributed by atoms with Gasteiger partial charge in [-0.1, -0.05) is 114 Å². The molecule has 10 rings (SSSR count). The van der Waals surface area contributed by atoms with Crippen LogP contribution in [0.5, 0.6) is 0 Å². The van der Waals surface area contributed by atoms with E-state index in [-0.39, 0.29) is 0 Å². The molecule has 2 aliphatic rings. The van der Waals surface area contributed by atoms with Crippen molar-refractivity contribution in [2.75, 3.05) is 4.90 Å². The van der Waals surface area contributed by atoms with Gasteiger partial charge >= 0.3 is 0 Å². The Morgan fingerprint density at radius 3 is 1.44 bits per heavy atom. The van der Waals surface area contributed by atoms with E-state index in [4.69, 9.17) is 33.2 Å². The average molecular weight is 801 g/mol. The minimum Gasteiger partial charge on any atom is -0.355 e. The normalized spacial score (nSPS) is 12.0. The van der Waals surface area contributed by atoms with Gasteiger partial charge in [0.15, 0.2) is 0 Å². The number of benzene rings is 5. The second-order valence-corrected chi connectivity index (χ2v) is 15.2. The van der Waals surface area contributed by atoms with Crippen LogP contribution in [-0.2, 0) is 0 Å². The molecule has 59 heavy (non-hydrogen) atoms. The largest absolute Gasteiger partial charge is 0.355 e. The van der Waals surface area contributed by atoms with E-state index >= 15 is 0 Å². The number of rotatable bonds is 7. The van der Waals surface area contributed by atoms with E-state index in [2.05, 4.69) is 142 Å². The Morgan fingerprint density at radius 1 is 0.424 bits per heavy atom. The molecule has 0 saturated heterocycles. The summed E-state index contributed by atoms with van der Waals surface area (Å²) in [5.74, 6) is 0. The quantitative estimate of drug-likeness (QED) is 0.158. The highest BCUT2D eigenvalue weighted by atomic mass is 35.5. The average Bonchev–Trinajstić information content (AvgIpc) is 4.11. The van der Waals surface area contributed by atoms with Crippen molar-refractivity contribution in [2.45, 2.75) is 0 Å². The molecule has 7 heteroatoms. The molecular weight excluding hydrogens is 766 g/mol. The van der Waals surface area contributed by atoms with Crippen LogP contribution in [0.25, 0.3) is 80.8 Å². The van der Waals surface area contributed by atoms with Gasteiger partial charge in [-0.15, -0.1) is 0 Å². The van der Waals surface area contributed by atoms with Crippen molar-refractivity contribution in [1.29, 1.82) is 0 Å². The summed E-state index contributed by atoms with van der Waals surface area (Å²) in [5.41, 5.74) is 16.1. The van der Waals surface area contributed by atoms with Gasteiger partial charge in [-0.25, -0.2) is 9.97 Å². The fourth-order valence-electron chi connectivity index (χ4n) is 7.67.